The molecule has 4 N–H and O–H groups in total. The van der Waals surface area contributed by atoms with Crippen molar-refractivity contribution in [3.8, 4) is 0 Å². The average molecular weight is 394 g/mol. The lowest BCUT2D eigenvalue weighted by Crippen LogP contribution is -2.38. The van der Waals surface area contributed by atoms with Crippen molar-refractivity contribution in [2.45, 2.75) is 33.1 Å². The minimum atomic E-state index is -0.966. The first-order valence-electron chi connectivity index (χ1n) is 8.90. The monoisotopic (exact) mass is 394 g/mol. The van der Waals surface area contributed by atoms with Gasteiger partial charge < -0.3 is 20.9 Å². The molecular weight excluding hydrogens is 372 g/mol. The number of nitrogens with two attached hydrogens (primary N) is 1. The van der Waals surface area contributed by atoms with E-state index in [0.29, 0.717) is 5.56 Å². The number of carboxylic acids is 1. The number of rotatable bonds is 6. The summed E-state index contributed by atoms with van der Waals surface area (Å²) in [5.41, 5.74) is 5.85. The Morgan fingerprint density at radius 2 is 1.85 bits per heavy atom. The molecule has 2 bridgehead atoms. The fraction of sp³-hybridized carbons (Fsp3) is 0.556. The van der Waals surface area contributed by atoms with Crippen molar-refractivity contribution in [1.82, 2.24) is 0 Å². The zero-order valence-electron chi connectivity index (χ0n) is 15.1. The summed E-state index contributed by atoms with van der Waals surface area (Å²) in [6.45, 7) is 3.41. The SMILES string of the molecule is CCOC(=O)c1sc(NC(=O)C2C3CCC(C3)C2C(=O)O)c(C(N)=O)c1C. The summed E-state index contributed by atoms with van der Waals surface area (Å²) in [6, 6.07) is 0. The number of anilines is 1. The van der Waals surface area contributed by atoms with Gasteiger partial charge >= 0.3 is 11.9 Å². The Labute approximate surface area is 160 Å². The first-order chi connectivity index (χ1) is 12.8. The molecule has 3 rings (SSSR count). The third-order valence-corrected chi connectivity index (χ3v) is 6.78. The molecule has 9 heteroatoms. The lowest BCUT2D eigenvalue weighted by Gasteiger charge is -2.26. The average Bonchev–Trinajstić information content (AvgIpc) is 3.27. The van der Waals surface area contributed by atoms with Crippen molar-refractivity contribution >= 4 is 40.1 Å². The smallest absolute Gasteiger partial charge is 0.348 e. The zero-order chi connectivity index (χ0) is 19.9. The van der Waals surface area contributed by atoms with E-state index in [9.17, 15) is 24.3 Å². The first-order valence-corrected chi connectivity index (χ1v) is 9.71. The maximum atomic E-state index is 12.9. The van der Waals surface area contributed by atoms with E-state index in [0.717, 1.165) is 30.6 Å². The van der Waals surface area contributed by atoms with Crippen LogP contribution >= 0.6 is 11.3 Å². The van der Waals surface area contributed by atoms with Crippen molar-refractivity contribution in [3.05, 3.63) is 16.0 Å². The number of fused-ring (bicyclic) bond motifs is 2. The van der Waals surface area contributed by atoms with Crippen molar-refractivity contribution in [2.75, 3.05) is 11.9 Å². The Kier molecular flexibility index (Phi) is 5.23. The van der Waals surface area contributed by atoms with Gasteiger partial charge in [-0.3, -0.25) is 14.4 Å². The standard InChI is InChI=1S/C18H22N2O6S/c1-3-26-18(25)13-7(2)10(14(19)21)16(27-13)20-15(22)11-8-4-5-9(6-8)12(11)17(23)24/h8-9,11-12H,3-6H2,1-2H3,(H2,19,21)(H,20,22)(H,23,24). The van der Waals surface area contributed by atoms with E-state index >= 15 is 0 Å². The number of primary amides is 1. The van der Waals surface area contributed by atoms with Crippen LogP contribution in [0.4, 0.5) is 5.00 Å². The fourth-order valence-corrected chi connectivity index (χ4v) is 5.62. The molecule has 4 unspecified atom stereocenters. The molecule has 0 aromatic carbocycles. The number of esters is 1. The lowest BCUT2D eigenvalue weighted by atomic mass is 9.79. The molecule has 2 amide bonds. The molecule has 27 heavy (non-hydrogen) atoms. The normalized spacial score (nSPS) is 26.0. The molecule has 1 aromatic rings. The van der Waals surface area contributed by atoms with E-state index in [4.69, 9.17) is 10.5 Å². The van der Waals surface area contributed by atoms with Crippen LogP contribution in [-0.4, -0.2) is 35.5 Å². The maximum Gasteiger partial charge on any atom is 0.348 e. The molecule has 0 radical (unpaired) electrons. The molecule has 0 aliphatic heterocycles. The van der Waals surface area contributed by atoms with Crippen molar-refractivity contribution in [1.29, 1.82) is 0 Å². The van der Waals surface area contributed by atoms with E-state index in [1.807, 2.05) is 0 Å². The minimum absolute atomic E-state index is 0.0130. The van der Waals surface area contributed by atoms with E-state index < -0.39 is 35.6 Å². The number of aliphatic carboxylic acids is 1. The summed E-state index contributed by atoms with van der Waals surface area (Å²) in [5.74, 6) is -4.08. The first kappa shape index (κ1) is 19.3. The summed E-state index contributed by atoms with van der Waals surface area (Å²) in [6.07, 6.45) is 2.38. The Balaban J connectivity index is 1.89. The van der Waals surface area contributed by atoms with Gasteiger partial charge in [0.15, 0.2) is 0 Å². The van der Waals surface area contributed by atoms with Gasteiger partial charge in [-0.05, 0) is 50.5 Å². The minimum Gasteiger partial charge on any atom is -0.481 e. The molecule has 2 aliphatic carbocycles. The second kappa shape index (κ2) is 7.30. The molecule has 2 saturated carbocycles. The molecule has 0 spiro atoms. The summed E-state index contributed by atoms with van der Waals surface area (Å²) in [4.78, 5) is 48.7. The number of ether oxygens (including phenoxy) is 1. The molecule has 4 atom stereocenters. The number of carbonyl (C=O) groups excluding carboxylic acids is 3. The van der Waals surface area contributed by atoms with Crippen LogP contribution in [0.25, 0.3) is 0 Å². The molecule has 1 heterocycles. The Hall–Kier alpha value is -2.42. The van der Waals surface area contributed by atoms with Crippen molar-refractivity contribution in [3.63, 3.8) is 0 Å². The molecular formula is C18H22N2O6S. The van der Waals surface area contributed by atoms with Crippen LogP contribution < -0.4 is 11.1 Å². The highest BCUT2D eigenvalue weighted by Gasteiger charge is 2.54. The molecule has 2 aliphatic rings. The van der Waals surface area contributed by atoms with Gasteiger partial charge in [0.1, 0.15) is 9.88 Å². The summed E-state index contributed by atoms with van der Waals surface area (Å²) in [5, 5.41) is 12.4. The maximum absolute atomic E-state index is 12.9. The van der Waals surface area contributed by atoms with Gasteiger partial charge in [-0.15, -0.1) is 11.3 Å². The van der Waals surface area contributed by atoms with E-state index in [-0.39, 0.29) is 33.9 Å². The predicted molar refractivity (Wildman–Crippen MR) is 97.6 cm³/mol. The highest BCUT2D eigenvalue weighted by Crippen LogP contribution is 2.53. The van der Waals surface area contributed by atoms with Gasteiger partial charge in [-0.1, -0.05) is 0 Å². The van der Waals surface area contributed by atoms with Gasteiger partial charge in [0, 0.05) is 0 Å². The summed E-state index contributed by atoms with van der Waals surface area (Å²) >= 11 is 0.925. The molecule has 0 saturated heterocycles. The Morgan fingerprint density at radius 3 is 2.41 bits per heavy atom. The van der Waals surface area contributed by atoms with Crippen LogP contribution in [0.15, 0.2) is 0 Å². The number of nitrogens with one attached hydrogen (secondary N) is 1. The molecule has 8 nitrogen and oxygen atoms in total. The molecule has 146 valence electrons. The number of carbonyl (C=O) groups is 4. The lowest BCUT2D eigenvalue weighted by molar-refractivity contribution is -0.148. The highest BCUT2D eigenvalue weighted by atomic mass is 32.1. The van der Waals surface area contributed by atoms with Crippen LogP contribution in [0.5, 0.6) is 0 Å². The number of hydrogen-bond acceptors (Lipinski definition) is 6. The number of carboxylic acid groups (broad SMARTS) is 1. The summed E-state index contributed by atoms with van der Waals surface area (Å²) in [7, 11) is 0. The van der Waals surface area contributed by atoms with Crippen molar-refractivity contribution in [2.24, 2.45) is 29.4 Å². The van der Waals surface area contributed by atoms with Crippen molar-refractivity contribution < 1.29 is 29.0 Å². The number of hydrogen-bond donors (Lipinski definition) is 3. The van der Waals surface area contributed by atoms with Crippen LogP contribution in [0, 0.1) is 30.6 Å². The fourth-order valence-electron chi connectivity index (χ4n) is 4.51. The number of thiophene rings is 1. The van der Waals surface area contributed by atoms with Gasteiger partial charge in [0.05, 0.1) is 24.0 Å². The van der Waals surface area contributed by atoms with Crippen LogP contribution in [0.2, 0.25) is 0 Å². The van der Waals surface area contributed by atoms with Crippen LogP contribution in [-0.2, 0) is 14.3 Å². The number of amides is 2. The quantitative estimate of drug-likeness (QED) is 0.632. The van der Waals surface area contributed by atoms with Gasteiger partial charge in [0.2, 0.25) is 5.91 Å². The third-order valence-electron chi connectivity index (χ3n) is 5.60. The van der Waals surface area contributed by atoms with Crippen LogP contribution in [0.3, 0.4) is 0 Å². The second-order valence-electron chi connectivity index (χ2n) is 7.06. The van der Waals surface area contributed by atoms with E-state index in [1.54, 1.807) is 13.8 Å². The Bertz CT molecular complexity index is 817. The molecule has 2 fully saturated rings. The zero-order valence-corrected chi connectivity index (χ0v) is 15.9. The Morgan fingerprint density at radius 1 is 1.22 bits per heavy atom. The van der Waals surface area contributed by atoms with Crippen LogP contribution in [0.1, 0.15) is 51.8 Å². The predicted octanol–water partition coefficient (Wildman–Crippen LogP) is 2.02. The third kappa shape index (κ3) is 3.31. The summed E-state index contributed by atoms with van der Waals surface area (Å²) < 4.78 is 4.98. The van der Waals surface area contributed by atoms with E-state index in [1.165, 1.54) is 0 Å². The second-order valence-corrected chi connectivity index (χ2v) is 8.08. The largest absolute Gasteiger partial charge is 0.481 e. The van der Waals surface area contributed by atoms with E-state index in [2.05, 4.69) is 5.32 Å². The highest BCUT2D eigenvalue weighted by molar-refractivity contribution is 7.18. The topological polar surface area (TPSA) is 136 Å². The van der Waals surface area contributed by atoms with Gasteiger partial charge in [0.25, 0.3) is 5.91 Å². The van der Waals surface area contributed by atoms with Gasteiger partial charge in [-0.2, -0.15) is 0 Å². The van der Waals surface area contributed by atoms with Gasteiger partial charge in [-0.25, -0.2) is 4.79 Å². The molecule has 1 aromatic heterocycles.